The number of hydrogen-bond donors (Lipinski definition) is 1. The zero-order valence-electron chi connectivity index (χ0n) is 15.3. The first kappa shape index (κ1) is 17.7. The number of nitrogen functional groups attached to an aromatic ring is 1. The van der Waals surface area contributed by atoms with Crippen molar-refractivity contribution in [2.24, 2.45) is 17.8 Å². The Hall–Kier alpha value is -2.12. The van der Waals surface area contributed by atoms with Gasteiger partial charge < -0.3 is 15.5 Å². The fourth-order valence-corrected chi connectivity index (χ4v) is 4.03. The van der Waals surface area contributed by atoms with Crippen molar-refractivity contribution < 1.29 is 4.92 Å². The van der Waals surface area contributed by atoms with Crippen LogP contribution in [0.2, 0.25) is 0 Å². The molecule has 2 N–H and O–H groups in total. The van der Waals surface area contributed by atoms with Crippen LogP contribution in [0.25, 0.3) is 0 Å². The summed E-state index contributed by atoms with van der Waals surface area (Å²) in [6, 6.07) is 0. The molecule has 3 rings (SSSR count). The van der Waals surface area contributed by atoms with Gasteiger partial charge in [0.25, 0.3) is 0 Å². The van der Waals surface area contributed by atoms with Crippen molar-refractivity contribution in [1.82, 2.24) is 9.97 Å². The Morgan fingerprint density at radius 2 is 1.64 bits per heavy atom. The monoisotopic (exact) mass is 348 g/mol. The number of aromatic nitrogens is 2. The SMILES string of the molecule is CC1CCN(c2nc(N)c([N+](=O)[O-])c(N3C[C@H](C)C[C@@H](C)C3)n2)CC1. The number of nitrogens with two attached hydrogens (primary N) is 1. The van der Waals surface area contributed by atoms with E-state index in [9.17, 15) is 10.1 Å². The summed E-state index contributed by atoms with van der Waals surface area (Å²) in [7, 11) is 0. The highest BCUT2D eigenvalue weighted by atomic mass is 16.6. The third-order valence-corrected chi connectivity index (χ3v) is 5.30. The van der Waals surface area contributed by atoms with Crippen LogP contribution < -0.4 is 15.5 Å². The van der Waals surface area contributed by atoms with Crippen LogP contribution in [0.5, 0.6) is 0 Å². The lowest BCUT2D eigenvalue weighted by atomic mass is 9.92. The summed E-state index contributed by atoms with van der Waals surface area (Å²) in [5, 5.41) is 11.6. The van der Waals surface area contributed by atoms with Crippen molar-refractivity contribution in [3.63, 3.8) is 0 Å². The Morgan fingerprint density at radius 3 is 2.20 bits per heavy atom. The van der Waals surface area contributed by atoms with E-state index in [1.165, 1.54) is 0 Å². The summed E-state index contributed by atoms with van der Waals surface area (Å²) in [6.07, 6.45) is 3.28. The van der Waals surface area contributed by atoms with Crippen molar-refractivity contribution in [3.05, 3.63) is 10.1 Å². The maximum atomic E-state index is 11.6. The number of rotatable bonds is 3. The highest BCUT2D eigenvalue weighted by molar-refractivity contribution is 5.71. The average Bonchev–Trinajstić information content (AvgIpc) is 2.53. The number of anilines is 3. The molecule has 2 fully saturated rings. The molecule has 2 aliphatic heterocycles. The Labute approximate surface area is 148 Å². The van der Waals surface area contributed by atoms with Gasteiger partial charge in [0.15, 0.2) is 0 Å². The highest BCUT2D eigenvalue weighted by Crippen LogP contribution is 2.36. The first-order chi connectivity index (χ1) is 11.8. The molecule has 0 unspecified atom stereocenters. The number of hydrogen-bond acceptors (Lipinski definition) is 7. The van der Waals surface area contributed by atoms with Crippen molar-refractivity contribution in [1.29, 1.82) is 0 Å². The van der Waals surface area contributed by atoms with Gasteiger partial charge in [0, 0.05) is 26.2 Å². The van der Waals surface area contributed by atoms with Gasteiger partial charge in [-0.1, -0.05) is 20.8 Å². The van der Waals surface area contributed by atoms with E-state index < -0.39 is 4.92 Å². The van der Waals surface area contributed by atoms with E-state index in [0.717, 1.165) is 45.4 Å². The van der Waals surface area contributed by atoms with Gasteiger partial charge in [-0.2, -0.15) is 9.97 Å². The predicted molar refractivity (Wildman–Crippen MR) is 98.9 cm³/mol. The lowest BCUT2D eigenvalue weighted by Gasteiger charge is -2.36. The molecule has 0 amide bonds. The maximum Gasteiger partial charge on any atom is 0.353 e. The van der Waals surface area contributed by atoms with E-state index >= 15 is 0 Å². The van der Waals surface area contributed by atoms with Gasteiger partial charge in [-0.15, -0.1) is 0 Å². The largest absolute Gasteiger partial charge is 0.378 e. The molecule has 25 heavy (non-hydrogen) atoms. The van der Waals surface area contributed by atoms with E-state index in [4.69, 9.17) is 5.73 Å². The maximum absolute atomic E-state index is 11.6. The van der Waals surface area contributed by atoms with Crippen LogP contribution in [0.3, 0.4) is 0 Å². The van der Waals surface area contributed by atoms with Crippen LogP contribution in [0.15, 0.2) is 0 Å². The molecule has 0 radical (unpaired) electrons. The van der Waals surface area contributed by atoms with Crippen LogP contribution in [0.4, 0.5) is 23.3 Å². The quantitative estimate of drug-likeness (QED) is 0.662. The molecule has 1 aromatic heterocycles. The molecule has 2 atom stereocenters. The average molecular weight is 348 g/mol. The molecule has 0 bridgehead atoms. The second-order valence-electron chi connectivity index (χ2n) is 7.86. The van der Waals surface area contributed by atoms with Crippen LogP contribution in [0.1, 0.15) is 40.0 Å². The van der Waals surface area contributed by atoms with Crippen molar-refractivity contribution >= 4 is 23.3 Å². The predicted octanol–water partition coefficient (Wildman–Crippen LogP) is 2.69. The summed E-state index contributed by atoms with van der Waals surface area (Å²) in [5.74, 6) is 2.50. The first-order valence-corrected chi connectivity index (χ1v) is 9.17. The lowest BCUT2D eigenvalue weighted by Crippen LogP contribution is -2.40. The molecule has 0 aromatic carbocycles. The molecular weight excluding hydrogens is 320 g/mol. The van der Waals surface area contributed by atoms with Gasteiger partial charge in [-0.25, -0.2) is 0 Å². The third-order valence-electron chi connectivity index (χ3n) is 5.30. The molecule has 0 aliphatic carbocycles. The van der Waals surface area contributed by atoms with E-state index in [-0.39, 0.29) is 11.5 Å². The van der Waals surface area contributed by atoms with E-state index in [2.05, 4.69) is 35.6 Å². The zero-order valence-corrected chi connectivity index (χ0v) is 15.3. The summed E-state index contributed by atoms with van der Waals surface area (Å²) in [4.78, 5) is 24.1. The number of nitrogens with zero attached hydrogens (tertiary/aromatic N) is 5. The summed E-state index contributed by atoms with van der Waals surface area (Å²) in [6.45, 7) is 9.84. The van der Waals surface area contributed by atoms with Crippen molar-refractivity contribution in [3.8, 4) is 0 Å². The standard InChI is InChI=1S/C17H28N6O2/c1-11-4-6-21(7-5-11)17-19-15(18)14(23(24)25)16(20-17)22-9-12(2)8-13(3)10-22/h11-13H,4-10H2,1-3H3,(H2,18,19,20)/t12-,13-/m1/s1. The highest BCUT2D eigenvalue weighted by Gasteiger charge is 2.32. The van der Waals surface area contributed by atoms with E-state index in [1.54, 1.807) is 0 Å². The van der Waals surface area contributed by atoms with Gasteiger partial charge in [0.1, 0.15) is 0 Å². The topological polar surface area (TPSA) is 101 Å². The van der Waals surface area contributed by atoms with Crippen LogP contribution in [-0.2, 0) is 0 Å². The van der Waals surface area contributed by atoms with Gasteiger partial charge >= 0.3 is 5.69 Å². The minimum absolute atomic E-state index is 0.0329. The summed E-state index contributed by atoms with van der Waals surface area (Å²) >= 11 is 0. The zero-order chi connectivity index (χ0) is 18.1. The second kappa shape index (κ2) is 7.01. The van der Waals surface area contributed by atoms with Gasteiger partial charge in [0.05, 0.1) is 4.92 Å². The molecule has 3 heterocycles. The summed E-state index contributed by atoms with van der Waals surface area (Å²) < 4.78 is 0. The van der Waals surface area contributed by atoms with Gasteiger partial charge in [0.2, 0.25) is 17.6 Å². The third kappa shape index (κ3) is 3.77. The smallest absolute Gasteiger partial charge is 0.353 e. The van der Waals surface area contributed by atoms with E-state index in [1.807, 2.05) is 4.90 Å². The Morgan fingerprint density at radius 1 is 1.04 bits per heavy atom. The fraction of sp³-hybridized carbons (Fsp3) is 0.765. The Bertz CT molecular complexity index is 634. The Kier molecular flexibility index (Phi) is 4.96. The lowest BCUT2D eigenvalue weighted by molar-refractivity contribution is -0.383. The van der Waals surface area contributed by atoms with Crippen LogP contribution in [-0.4, -0.2) is 41.1 Å². The van der Waals surface area contributed by atoms with Crippen LogP contribution in [0, 0.1) is 27.9 Å². The number of piperidine rings is 2. The molecule has 8 heteroatoms. The van der Waals surface area contributed by atoms with Crippen LogP contribution >= 0.6 is 0 Å². The van der Waals surface area contributed by atoms with Crippen molar-refractivity contribution in [2.75, 3.05) is 41.7 Å². The molecular formula is C17H28N6O2. The summed E-state index contributed by atoms with van der Waals surface area (Å²) in [5.41, 5.74) is 5.83. The van der Waals surface area contributed by atoms with Gasteiger partial charge in [-0.05, 0) is 37.0 Å². The molecule has 2 aliphatic rings. The molecule has 2 saturated heterocycles. The fourth-order valence-electron chi connectivity index (χ4n) is 4.03. The molecule has 0 spiro atoms. The molecule has 0 saturated carbocycles. The van der Waals surface area contributed by atoms with Crippen molar-refractivity contribution in [2.45, 2.75) is 40.0 Å². The minimum atomic E-state index is -0.448. The normalized spacial score (nSPS) is 25.2. The number of nitro groups is 1. The molecule has 8 nitrogen and oxygen atoms in total. The second-order valence-corrected chi connectivity index (χ2v) is 7.86. The Balaban J connectivity index is 1.97. The van der Waals surface area contributed by atoms with Gasteiger partial charge in [-0.3, -0.25) is 10.1 Å². The molecule has 1 aromatic rings. The minimum Gasteiger partial charge on any atom is -0.378 e. The molecule has 138 valence electrons. The first-order valence-electron chi connectivity index (χ1n) is 9.17. The van der Waals surface area contributed by atoms with E-state index in [0.29, 0.717) is 29.5 Å².